The molecule has 2 aliphatic rings. The summed E-state index contributed by atoms with van der Waals surface area (Å²) in [7, 11) is 0. The summed E-state index contributed by atoms with van der Waals surface area (Å²) in [6.07, 6.45) is 2.33. The molecular weight excluding hydrogens is 697 g/mol. The van der Waals surface area contributed by atoms with Gasteiger partial charge in [-0.3, -0.25) is 24.3 Å². The van der Waals surface area contributed by atoms with Crippen LogP contribution in [-0.2, 0) is 30.4 Å². The van der Waals surface area contributed by atoms with E-state index in [1.54, 1.807) is 72.8 Å². The summed E-state index contributed by atoms with van der Waals surface area (Å²) >= 11 is 0. The first kappa shape index (κ1) is 37.2. The Morgan fingerprint density at radius 2 is 1.05 bits per heavy atom. The summed E-state index contributed by atoms with van der Waals surface area (Å²) in [6, 6.07) is 32.5. The standard InChI is InChI=1S/C43H44N6O6/c1-42(54,30-11-5-3-6-12-30)40(52)48-25-9-15-36(48)38(50)44-32-21-17-28(18-22-32)34-27-35(47-46-34)29-19-23-33(24-20-29)45-39(51)37-16-10-26-49(37)41(53)43(2,55)31-13-7-4-8-14-31/h3-8,11-14,17-24,27,36-37,54-55H,9-10,15-16,25-26H2,1-2H3,(H,44,50)(H,45,51)(H,46,47)/t36-,37-,42-,43-/m0/s1. The Kier molecular flexibility index (Phi) is 10.4. The van der Waals surface area contributed by atoms with Crippen molar-refractivity contribution in [2.24, 2.45) is 0 Å². The van der Waals surface area contributed by atoms with Crippen LogP contribution in [0.25, 0.3) is 22.5 Å². The molecule has 2 saturated heterocycles. The number of carbonyl (C=O) groups is 4. The Morgan fingerprint density at radius 1 is 0.636 bits per heavy atom. The van der Waals surface area contributed by atoms with E-state index in [0.717, 1.165) is 16.8 Å². The first-order chi connectivity index (χ1) is 26.4. The van der Waals surface area contributed by atoms with Gasteiger partial charge in [0, 0.05) is 30.0 Å². The lowest BCUT2D eigenvalue weighted by Crippen LogP contribution is -2.50. The van der Waals surface area contributed by atoms with Crippen molar-refractivity contribution in [3.8, 4) is 22.5 Å². The van der Waals surface area contributed by atoms with E-state index in [4.69, 9.17) is 0 Å². The predicted octanol–water partition coefficient (Wildman–Crippen LogP) is 5.42. The van der Waals surface area contributed by atoms with Gasteiger partial charge in [-0.2, -0.15) is 5.10 Å². The number of anilines is 2. The van der Waals surface area contributed by atoms with Gasteiger partial charge in [-0.15, -0.1) is 0 Å². The molecule has 0 unspecified atom stereocenters. The summed E-state index contributed by atoms with van der Waals surface area (Å²) in [4.78, 5) is 56.4. The highest BCUT2D eigenvalue weighted by atomic mass is 16.3. The average molecular weight is 741 g/mol. The summed E-state index contributed by atoms with van der Waals surface area (Å²) < 4.78 is 0. The maximum absolute atomic E-state index is 13.4. The fourth-order valence-electron chi connectivity index (χ4n) is 7.42. The molecule has 5 N–H and O–H groups in total. The van der Waals surface area contributed by atoms with Gasteiger partial charge in [0.15, 0.2) is 11.2 Å². The smallest absolute Gasteiger partial charge is 0.259 e. The number of likely N-dealkylation sites (tertiary alicyclic amines) is 2. The van der Waals surface area contributed by atoms with Gasteiger partial charge in [0.25, 0.3) is 11.8 Å². The summed E-state index contributed by atoms with van der Waals surface area (Å²) in [5.74, 6) is -1.62. The van der Waals surface area contributed by atoms with Crippen molar-refractivity contribution in [3.05, 3.63) is 126 Å². The number of hydrogen-bond acceptors (Lipinski definition) is 7. The number of hydrogen-bond donors (Lipinski definition) is 5. The summed E-state index contributed by atoms with van der Waals surface area (Å²) in [5.41, 5.74) is 1.72. The number of carbonyl (C=O) groups excluding carboxylic acids is 4. The minimum absolute atomic E-state index is 0.309. The summed E-state index contributed by atoms with van der Waals surface area (Å²) in [6.45, 7) is 3.70. The number of H-pyrrole nitrogens is 1. The van der Waals surface area contributed by atoms with Gasteiger partial charge in [-0.25, -0.2) is 0 Å². The Morgan fingerprint density at radius 3 is 1.49 bits per heavy atom. The van der Waals surface area contributed by atoms with E-state index in [1.165, 1.54) is 23.6 Å². The topological polar surface area (TPSA) is 168 Å². The highest BCUT2D eigenvalue weighted by molar-refractivity contribution is 6.00. The third kappa shape index (κ3) is 7.64. The normalized spacial score (nSPS) is 19.0. The molecule has 1 aromatic heterocycles. The van der Waals surface area contributed by atoms with Gasteiger partial charge in [0.2, 0.25) is 11.8 Å². The molecule has 7 rings (SSSR count). The number of aromatic amines is 1. The number of nitrogens with one attached hydrogen (secondary N) is 3. The van der Waals surface area contributed by atoms with Gasteiger partial charge < -0.3 is 30.6 Å². The third-order valence-corrected chi connectivity index (χ3v) is 10.6. The van der Waals surface area contributed by atoms with Crippen LogP contribution in [-0.4, -0.2) is 79.0 Å². The van der Waals surface area contributed by atoms with Crippen LogP contribution in [0, 0.1) is 0 Å². The number of amides is 4. The van der Waals surface area contributed by atoms with E-state index in [1.807, 2.05) is 42.5 Å². The highest BCUT2D eigenvalue weighted by Gasteiger charge is 2.44. The maximum atomic E-state index is 13.4. The molecule has 4 atom stereocenters. The van der Waals surface area contributed by atoms with Crippen molar-refractivity contribution < 1.29 is 29.4 Å². The van der Waals surface area contributed by atoms with Crippen LogP contribution in [0.2, 0.25) is 0 Å². The van der Waals surface area contributed by atoms with E-state index in [-0.39, 0.29) is 11.8 Å². The van der Waals surface area contributed by atoms with E-state index in [9.17, 15) is 29.4 Å². The summed E-state index contributed by atoms with van der Waals surface area (Å²) in [5, 5.41) is 35.6. The van der Waals surface area contributed by atoms with Crippen LogP contribution in [0.15, 0.2) is 115 Å². The molecule has 4 amide bonds. The lowest BCUT2D eigenvalue weighted by Gasteiger charge is -2.31. The molecular formula is C43H44N6O6. The van der Waals surface area contributed by atoms with Crippen LogP contribution < -0.4 is 10.6 Å². The molecule has 0 radical (unpaired) electrons. The molecule has 0 saturated carbocycles. The molecule has 2 fully saturated rings. The Hall–Kier alpha value is -6.11. The van der Waals surface area contributed by atoms with E-state index >= 15 is 0 Å². The molecule has 12 heteroatoms. The van der Waals surface area contributed by atoms with Crippen molar-refractivity contribution in [3.63, 3.8) is 0 Å². The largest absolute Gasteiger partial charge is 0.376 e. The molecule has 12 nitrogen and oxygen atoms in total. The van der Waals surface area contributed by atoms with Gasteiger partial charge in [0.05, 0.1) is 11.4 Å². The molecule has 5 aromatic rings. The molecule has 282 valence electrons. The molecule has 0 spiro atoms. The number of aromatic nitrogens is 2. The predicted molar refractivity (Wildman–Crippen MR) is 208 cm³/mol. The Balaban J connectivity index is 0.950. The number of rotatable bonds is 10. The van der Waals surface area contributed by atoms with Crippen molar-refractivity contribution in [2.75, 3.05) is 23.7 Å². The van der Waals surface area contributed by atoms with E-state index in [0.29, 0.717) is 67.0 Å². The van der Waals surface area contributed by atoms with Crippen molar-refractivity contribution in [1.29, 1.82) is 0 Å². The second kappa shape index (κ2) is 15.3. The second-order valence-corrected chi connectivity index (χ2v) is 14.5. The van der Waals surface area contributed by atoms with Gasteiger partial charge in [-0.05, 0) is 86.6 Å². The highest BCUT2D eigenvalue weighted by Crippen LogP contribution is 2.31. The zero-order chi connectivity index (χ0) is 38.7. The van der Waals surface area contributed by atoms with Crippen LogP contribution in [0.3, 0.4) is 0 Å². The van der Waals surface area contributed by atoms with E-state index < -0.39 is 35.1 Å². The van der Waals surface area contributed by atoms with Gasteiger partial charge in [-0.1, -0.05) is 84.9 Å². The molecule has 0 bridgehead atoms. The lowest BCUT2D eigenvalue weighted by atomic mass is 9.94. The minimum atomic E-state index is -1.75. The quantitative estimate of drug-likeness (QED) is 0.128. The van der Waals surface area contributed by atoms with Crippen molar-refractivity contribution in [1.82, 2.24) is 20.0 Å². The Labute approximate surface area is 319 Å². The van der Waals surface area contributed by atoms with Crippen LogP contribution in [0.5, 0.6) is 0 Å². The fraction of sp³-hybridized carbons (Fsp3) is 0.279. The molecule has 0 aliphatic carbocycles. The second-order valence-electron chi connectivity index (χ2n) is 14.5. The zero-order valence-electron chi connectivity index (χ0n) is 30.7. The molecule has 2 aliphatic heterocycles. The lowest BCUT2D eigenvalue weighted by molar-refractivity contribution is -0.153. The van der Waals surface area contributed by atoms with Gasteiger partial charge >= 0.3 is 0 Å². The first-order valence-electron chi connectivity index (χ1n) is 18.5. The third-order valence-electron chi connectivity index (χ3n) is 10.6. The fourth-order valence-corrected chi connectivity index (χ4v) is 7.42. The number of aliphatic hydroxyl groups is 2. The van der Waals surface area contributed by atoms with Crippen molar-refractivity contribution in [2.45, 2.75) is 62.8 Å². The number of benzene rings is 4. The maximum Gasteiger partial charge on any atom is 0.259 e. The zero-order valence-corrected chi connectivity index (χ0v) is 30.7. The molecule has 55 heavy (non-hydrogen) atoms. The molecule has 4 aromatic carbocycles. The minimum Gasteiger partial charge on any atom is -0.376 e. The monoisotopic (exact) mass is 740 g/mol. The van der Waals surface area contributed by atoms with Gasteiger partial charge in [0.1, 0.15) is 12.1 Å². The first-order valence-corrected chi connectivity index (χ1v) is 18.5. The van der Waals surface area contributed by atoms with Crippen molar-refractivity contribution >= 4 is 35.0 Å². The van der Waals surface area contributed by atoms with Crippen LogP contribution >= 0.6 is 0 Å². The van der Waals surface area contributed by atoms with Crippen LogP contribution in [0.1, 0.15) is 50.7 Å². The number of nitrogens with zero attached hydrogens (tertiary/aromatic N) is 3. The Bertz CT molecular complexity index is 2010. The van der Waals surface area contributed by atoms with Crippen LogP contribution in [0.4, 0.5) is 11.4 Å². The average Bonchev–Trinajstić information content (AvgIpc) is 4.01. The molecule has 3 heterocycles. The SMILES string of the molecule is C[C@@](O)(C(=O)N1CCC[C@H]1C(=O)Nc1ccc(-c2cc(-c3ccc(NC(=O)[C@@H]4CCCN4C(=O)[C@@](C)(O)c4ccccc4)cc3)[nH]n2)cc1)c1ccccc1. The van der Waals surface area contributed by atoms with E-state index in [2.05, 4.69) is 20.8 Å².